The molecule has 1 aromatic heterocycles. The summed E-state index contributed by atoms with van der Waals surface area (Å²) in [7, 11) is 0. The number of rotatable bonds is 6. The summed E-state index contributed by atoms with van der Waals surface area (Å²) in [6, 6.07) is 7.46. The van der Waals surface area contributed by atoms with E-state index in [-0.39, 0.29) is 12.5 Å². The second-order valence-corrected chi connectivity index (χ2v) is 8.24. The van der Waals surface area contributed by atoms with Crippen LogP contribution in [0.4, 0.5) is 0 Å². The number of carbonyl (C=O) groups is 3. The van der Waals surface area contributed by atoms with E-state index in [0.29, 0.717) is 43.6 Å². The molecule has 1 aromatic carbocycles. The molecule has 1 aliphatic heterocycles. The van der Waals surface area contributed by atoms with Crippen LogP contribution in [-0.2, 0) is 16.1 Å². The van der Waals surface area contributed by atoms with Gasteiger partial charge in [-0.1, -0.05) is 32.0 Å². The summed E-state index contributed by atoms with van der Waals surface area (Å²) in [6.07, 6.45) is 2.74. The van der Waals surface area contributed by atoms with E-state index in [4.69, 9.17) is 0 Å². The van der Waals surface area contributed by atoms with Gasteiger partial charge in [-0.15, -0.1) is 0 Å². The molecule has 29 heavy (non-hydrogen) atoms. The summed E-state index contributed by atoms with van der Waals surface area (Å²) in [5.41, 5.74) is 1.17. The van der Waals surface area contributed by atoms with Crippen molar-refractivity contribution in [1.29, 1.82) is 0 Å². The molecular weight excluding hydrogens is 366 g/mol. The number of nitrogens with zero attached hydrogens (tertiary/aromatic N) is 3. The number of para-hydroxylation sites is 1. The van der Waals surface area contributed by atoms with Gasteiger partial charge in [-0.3, -0.25) is 14.4 Å². The zero-order valence-electron chi connectivity index (χ0n) is 17.9. The number of amides is 2. The second kappa shape index (κ2) is 8.80. The highest BCUT2D eigenvalue weighted by atomic mass is 16.2. The van der Waals surface area contributed by atoms with Gasteiger partial charge in [0, 0.05) is 43.3 Å². The molecule has 1 saturated heterocycles. The first-order valence-electron chi connectivity index (χ1n) is 10.5. The van der Waals surface area contributed by atoms with Crippen LogP contribution in [0.15, 0.2) is 30.5 Å². The minimum absolute atomic E-state index is 0.000223. The number of Topliss-reactive ketones (excluding diaryl/α,β-unsaturated/α-hetero) is 1. The number of hydrogen-bond donors (Lipinski definition) is 0. The average molecular weight is 398 g/mol. The van der Waals surface area contributed by atoms with Crippen molar-refractivity contribution in [2.75, 3.05) is 26.2 Å². The molecule has 0 unspecified atom stereocenters. The summed E-state index contributed by atoms with van der Waals surface area (Å²) < 4.78 is 1.79. The van der Waals surface area contributed by atoms with Gasteiger partial charge in [0.2, 0.25) is 5.91 Å². The Bertz CT molecular complexity index is 903. The highest BCUT2D eigenvalue weighted by molar-refractivity contribution is 6.44. The lowest BCUT2D eigenvalue weighted by atomic mass is 9.91. The Hall–Kier alpha value is -2.63. The normalized spacial score (nSPS) is 19.4. The fourth-order valence-electron chi connectivity index (χ4n) is 4.47. The van der Waals surface area contributed by atoms with Gasteiger partial charge in [0.05, 0.1) is 5.56 Å². The van der Waals surface area contributed by atoms with E-state index in [1.54, 1.807) is 20.6 Å². The van der Waals surface area contributed by atoms with E-state index in [0.717, 1.165) is 17.3 Å². The number of benzene rings is 1. The van der Waals surface area contributed by atoms with Gasteiger partial charge in [0.1, 0.15) is 6.54 Å². The molecule has 3 rings (SSSR count). The Balaban J connectivity index is 1.90. The molecule has 1 fully saturated rings. The molecule has 2 atom stereocenters. The SMILES string of the molecule is CCN(CC)C(=O)Cn1cc(C(=O)C(=O)N2C[C@H](C)C[C@H](C)C2)c2ccccc21. The summed E-state index contributed by atoms with van der Waals surface area (Å²) in [5, 5.41) is 0.719. The molecule has 2 heterocycles. The molecule has 0 saturated carbocycles. The molecule has 6 heteroatoms. The number of fused-ring (bicyclic) bond motifs is 1. The van der Waals surface area contributed by atoms with Crippen molar-refractivity contribution in [3.63, 3.8) is 0 Å². The van der Waals surface area contributed by atoms with Crippen LogP contribution in [-0.4, -0.2) is 58.1 Å². The van der Waals surface area contributed by atoms with E-state index in [1.807, 2.05) is 38.1 Å². The maximum absolute atomic E-state index is 13.1. The Morgan fingerprint density at radius 1 is 1.03 bits per heavy atom. The maximum atomic E-state index is 13.1. The number of ketones is 1. The van der Waals surface area contributed by atoms with Gasteiger partial charge in [-0.05, 0) is 38.2 Å². The number of likely N-dealkylation sites (N-methyl/N-ethyl adjacent to an activating group) is 1. The summed E-state index contributed by atoms with van der Waals surface area (Å²) >= 11 is 0. The number of piperidine rings is 1. The smallest absolute Gasteiger partial charge is 0.295 e. The molecule has 1 aliphatic rings. The molecule has 0 aliphatic carbocycles. The first-order valence-corrected chi connectivity index (χ1v) is 10.5. The van der Waals surface area contributed by atoms with Crippen LogP contribution >= 0.6 is 0 Å². The van der Waals surface area contributed by atoms with Gasteiger partial charge in [-0.2, -0.15) is 0 Å². The molecule has 0 N–H and O–H groups in total. The maximum Gasteiger partial charge on any atom is 0.295 e. The lowest BCUT2D eigenvalue weighted by Crippen LogP contribution is -2.45. The third kappa shape index (κ3) is 4.36. The first-order chi connectivity index (χ1) is 13.8. The summed E-state index contributed by atoms with van der Waals surface area (Å²) in [5.74, 6) is -0.148. The highest BCUT2D eigenvalue weighted by Gasteiger charge is 2.31. The minimum Gasteiger partial charge on any atom is -0.342 e. The van der Waals surface area contributed by atoms with Gasteiger partial charge < -0.3 is 14.4 Å². The molecular formula is C23H31N3O3. The van der Waals surface area contributed by atoms with Crippen molar-refractivity contribution < 1.29 is 14.4 Å². The first kappa shape index (κ1) is 21.1. The fraction of sp³-hybridized carbons (Fsp3) is 0.522. The topological polar surface area (TPSA) is 62.6 Å². The summed E-state index contributed by atoms with van der Waals surface area (Å²) in [6.45, 7) is 10.8. The van der Waals surface area contributed by atoms with Gasteiger partial charge in [-0.25, -0.2) is 0 Å². The summed E-state index contributed by atoms with van der Waals surface area (Å²) in [4.78, 5) is 42.1. The van der Waals surface area contributed by atoms with E-state index in [1.165, 1.54) is 0 Å². The Morgan fingerprint density at radius 2 is 1.66 bits per heavy atom. The fourth-order valence-corrected chi connectivity index (χ4v) is 4.47. The van der Waals surface area contributed by atoms with Crippen LogP contribution in [0.2, 0.25) is 0 Å². The predicted octanol–water partition coefficient (Wildman–Crippen LogP) is 3.20. The molecule has 2 amide bonds. The van der Waals surface area contributed by atoms with Crippen LogP contribution in [0.5, 0.6) is 0 Å². The van der Waals surface area contributed by atoms with Crippen molar-refractivity contribution in [3.8, 4) is 0 Å². The van der Waals surface area contributed by atoms with Crippen LogP contribution in [0.25, 0.3) is 10.9 Å². The van der Waals surface area contributed by atoms with Gasteiger partial charge >= 0.3 is 0 Å². The molecule has 6 nitrogen and oxygen atoms in total. The van der Waals surface area contributed by atoms with Gasteiger partial charge in [0.25, 0.3) is 11.7 Å². The number of likely N-dealkylation sites (tertiary alicyclic amines) is 1. The van der Waals surface area contributed by atoms with Crippen LogP contribution in [0.1, 0.15) is 44.5 Å². The standard InChI is InChI=1S/C23H31N3O3/c1-5-24(6-2)21(27)15-25-14-19(18-9-7-8-10-20(18)25)22(28)23(29)26-12-16(3)11-17(4)13-26/h7-10,14,16-17H,5-6,11-13,15H2,1-4H3/t16-,17+. The number of carbonyl (C=O) groups excluding carboxylic acids is 3. The third-order valence-electron chi connectivity index (χ3n) is 5.81. The van der Waals surface area contributed by atoms with Crippen molar-refractivity contribution in [2.45, 2.75) is 40.7 Å². The van der Waals surface area contributed by atoms with E-state index < -0.39 is 11.7 Å². The van der Waals surface area contributed by atoms with Crippen molar-refractivity contribution in [1.82, 2.24) is 14.4 Å². The quantitative estimate of drug-likeness (QED) is 0.555. The second-order valence-electron chi connectivity index (χ2n) is 8.24. The molecule has 0 radical (unpaired) electrons. The highest BCUT2D eigenvalue weighted by Crippen LogP contribution is 2.25. The van der Waals surface area contributed by atoms with Gasteiger partial charge in [0.15, 0.2) is 0 Å². The van der Waals surface area contributed by atoms with Crippen molar-refractivity contribution >= 4 is 28.5 Å². The van der Waals surface area contributed by atoms with Crippen LogP contribution in [0.3, 0.4) is 0 Å². The van der Waals surface area contributed by atoms with E-state index in [2.05, 4.69) is 13.8 Å². The predicted molar refractivity (Wildman–Crippen MR) is 114 cm³/mol. The third-order valence-corrected chi connectivity index (χ3v) is 5.81. The Kier molecular flexibility index (Phi) is 6.40. The average Bonchev–Trinajstić information content (AvgIpc) is 3.05. The molecule has 0 bridgehead atoms. The van der Waals surface area contributed by atoms with Crippen molar-refractivity contribution in [3.05, 3.63) is 36.0 Å². The lowest BCUT2D eigenvalue weighted by Gasteiger charge is -2.34. The van der Waals surface area contributed by atoms with Crippen LogP contribution in [0, 0.1) is 11.8 Å². The lowest BCUT2D eigenvalue weighted by molar-refractivity contribution is -0.131. The van der Waals surface area contributed by atoms with E-state index >= 15 is 0 Å². The number of hydrogen-bond acceptors (Lipinski definition) is 3. The van der Waals surface area contributed by atoms with E-state index in [9.17, 15) is 14.4 Å². The Labute approximate surface area is 172 Å². The zero-order valence-corrected chi connectivity index (χ0v) is 17.9. The van der Waals surface area contributed by atoms with Crippen LogP contribution < -0.4 is 0 Å². The van der Waals surface area contributed by atoms with Crippen molar-refractivity contribution in [2.24, 2.45) is 11.8 Å². The zero-order chi connectivity index (χ0) is 21.1. The molecule has 156 valence electrons. The minimum atomic E-state index is -0.489. The largest absolute Gasteiger partial charge is 0.342 e. The number of aromatic nitrogens is 1. The monoisotopic (exact) mass is 397 g/mol. The molecule has 2 aromatic rings. The molecule has 0 spiro atoms. The Morgan fingerprint density at radius 3 is 2.28 bits per heavy atom.